The number of hydrogen-bond donors (Lipinski definition) is 3. The largest absolute Gasteiger partial charge is 0.387 e. The van der Waals surface area contributed by atoms with Crippen LogP contribution in [-0.4, -0.2) is 27.5 Å². The maximum Gasteiger partial charge on any atom is 0.220 e. The van der Waals surface area contributed by atoms with Crippen LogP contribution in [0.25, 0.3) is 11.0 Å². The van der Waals surface area contributed by atoms with Gasteiger partial charge in [0.25, 0.3) is 0 Å². The molecule has 23 heavy (non-hydrogen) atoms. The number of halogens is 1. The monoisotopic (exact) mass is 333 g/mol. The molecule has 2 heterocycles. The molecule has 1 amide bonds. The summed E-state index contributed by atoms with van der Waals surface area (Å²) in [4.78, 5) is 19.0. The lowest BCUT2D eigenvalue weighted by molar-refractivity contribution is -0.121. The molecule has 120 valence electrons. The van der Waals surface area contributed by atoms with Crippen molar-refractivity contribution in [3.8, 4) is 0 Å². The lowest BCUT2D eigenvalue weighted by atomic mass is 10.2. The van der Waals surface area contributed by atoms with E-state index in [1.54, 1.807) is 12.1 Å². The Kier molecular flexibility index (Phi) is 4.68. The molecule has 7 heteroatoms. The van der Waals surface area contributed by atoms with Crippen molar-refractivity contribution in [2.45, 2.75) is 18.9 Å². The topological polar surface area (TPSA) is 78.0 Å². The smallest absolute Gasteiger partial charge is 0.220 e. The van der Waals surface area contributed by atoms with Crippen LogP contribution < -0.4 is 5.32 Å². The van der Waals surface area contributed by atoms with E-state index in [0.29, 0.717) is 17.8 Å². The molecule has 0 saturated carbocycles. The van der Waals surface area contributed by atoms with Crippen LogP contribution in [0.1, 0.15) is 23.9 Å². The number of nitrogens with one attached hydrogen (secondary N) is 2. The van der Waals surface area contributed by atoms with Crippen LogP contribution in [0.3, 0.4) is 0 Å². The van der Waals surface area contributed by atoms with Crippen molar-refractivity contribution in [2.75, 3.05) is 6.54 Å². The Balaban J connectivity index is 1.51. The Morgan fingerprint density at radius 2 is 2.30 bits per heavy atom. The highest BCUT2D eigenvalue weighted by molar-refractivity contribution is 7.07. The van der Waals surface area contributed by atoms with Gasteiger partial charge < -0.3 is 15.4 Å². The third-order valence-electron chi connectivity index (χ3n) is 3.52. The molecule has 3 rings (SSSR count). The Morgan fingerprint density at radius 3 is 3.04 bits per heavy atom. The summed E-state index contributed by atoms with van der Waals surface area (Å²) in [5, 5.41) is 16.3. The molecular weight excluding hydrogens is 317 g/mol. The van der Waals surface area contributed by atoms with E-state index in [-0.39, 0.29) is 30.2 Å². The average Bonchev–Trinajstić information content (AvgIpc) is 3.20. The number of aromatic nitrogens is 2. The number of amides is 1. The first kappa shape index (κ1) is 15.6. The van der Waals surface area contributed by atoms with Crippen LogP contribution in [0.4, 0.5) is 4.39 Å². The maximum atomic E-state index is 13.6. The highest BCUT2D eigenvalue weighted by Gasteiger charge is 2.11. The van der Waals surface area contributed by atoms with Crippen LogP contribution >= 0.6 is 11.3 Å². The van der Waals surface area contributed by atoms with Gasteiger partial charge in [0.15, 0.2) is 5.82 Å². The second kappa shape index (κ2) is 6.89. The molecule has 0 aliphatic rings. The predicted molar refractivity (Wildman–Crippen MR) is 86.7 cm³/mol. The zero-order valence-corrected chi connectivity index (χ0v) is 13.1. The summed E-state index contributed by atoms with van der Waals surface area (Å²) < 4.78 is 13.6. The Morgan fingerprint density at radius 1 is 1.43 bits per heavy atom. The van der Waals surface area contributed by atoms with E-state index < -0.39 is 6.10 Å². The van der Waals surface area contributed by atoms with Crippen LogP contribution in [0.2, 0.25) is 0 Å². The summed E-state index contributed by atoms with van der Waals surface area (Å²) >= 11 is 1.50. The average molecular weight is 333 g/mol. The fourth-order valence-corrected chi connectivity index (χ4v) is 2.99. The highest BCUT2D eigenvalue weighted by atomic mass is 32.1. The van der Waals surface area contributed by atoms with Gasteiger partial charge in [0.2, 0.25) is 5.91 Å². The summed E-state index contributed by atoms with van der Waals surface area (Å²) in [5.41, 5.74) is 1.70. The van der Waals surface area contributed by atoms with Crippen molar-refractivity contribution in [2.24, 2.45) is 0 Å². The number of rotatable bonds is 6. The highest BCUT2D eigenvalue weighted by Crippen LogP contribution is 2.16. The standard InChI is InChI=1S/C16H16FN3O2S/c17-11-2-1-3-12-16(11)20-14(19-12)4-5-15(22)18-8-13(21)10-6-7-23-9-10/h1-3,6-7,9,13,21H,4-5,8H2,(H,18,22)(H,19,20). The zero-order chi connectivity index (χ0) is 16.2. The normalized spacial score (nSPS) is 12.4. The molecule has 0 radical (unpaired) electrons. The molecule has 1 aromatic carbocycles. The predicted octanol–water partition coefficient (Wildman–Crippen LogP) is 2.55. The minimum absolute atomic E-state index is 0.171. The van der Waals surface area contributed by atoms with E-state index in [0.717, 1.165) is 5.56 Å². The van der Waals surface area contributed by atoms with Crippen molar-refractivity contribution in [1.82, 2.24) is 15.3 Å². The first-order valence-electron chi connectivity index (χ1n) is 7.23. The number of aliphatic hydroxyl groups is 1. The summed E-state index contributed by atoms with van der Waals surface area (Å²) in [7, 11) is 0. The molecule has 0 saturated heterocycles. The SMILES string of the molecule is O=C(CCc1nc2c(F)cccc2[nH]1)NCC(O)c1ccsc1. The number of benzene rings is 1. The first-order valence-corrected chi connectivity index (χ1v) is 8.18. The lowest BCUT2D eigenvalue weighted by Crippen LogP contribution is -2.28. The number of carbonyl (C=O) groups excluding carboxylic acids is 1. The number of H-pyrrole nitrogens is 1. The number of hydrogen-bond acceptors (Lipinski definition) is 4. The molecule has 0 bridgehead atoms. The second-order valence-corrected chi connectivity index (χ2v) is 5.98. The van der Waals surface area contributed by atoms with Gasteiger partial charge in [-0.15, -0.1) is 0 Å². The van der Waals surface area contributed by atoms with E-state index in [1.807, 2.05) is 16.8 Å². The third kappa shape index (κ3) is 3.75. The van der Waals surface area contributed by atoms with E-state index in [1.165, 1.54) is 17.4 Å². The number of aromatic amines is 1. The minimum atomic E-state index is -0.703. The number of para-hydroxylation sites is 1. The van der Waals surface area contributed by atoms with Gasteiger partial charge in [0.05, 0.1) is 11.6 Å². The van der Waals surface area contributed by atoms with Crippen molar-refractivity contribution >= 4 is 28.3 Å². The molecule has 3 N–H and O–H groups in total. The van der Waals surface area contributed by atoms with Crippen LogP contribution in [0.5, 0.6) is 0 Å². The molecule has 5 nitrogen and oxygen atoms in total. The van der Waals surface area contributed by atoms with Gasteiger partial charge >= 0.3 is 0 Å². The van der Waals surface area contributed by atoms with Gasteiger partial charge in [-0.25, -0.2) is 9.37 Å². The fraction of sp³-hybridized carbons (Fsp3) is 0.250. The minimum Gasteiger partial charge on any atom is -0.387 e. The van der Waals surface area contributed by atoms with Crippen molar-refractivity contribution < 1.29 is 14.3 Å². The summed E-state index contributed by atoms with van der Waals surface area (Å²) in [5.74, 6) is 0.00665. The third-order valence-corrected chi connectivity index (χ3v) is 4.22. The molecule has 0 aliphatic heterocycles. The maximum absolute atomic E-state index is 13.6. The Bertz CT molecular complexity index is 801. The van der Waals surface area contributed by atoms with Crippen molar-refractivity contribution in [3.63, 3.8) is 0 Å². The number of carbonyl (C=O) groups is 1. The Hall–Kier alpha value is -2.25. The molecule has 1 atom stereocenters. The van der Waals surface area contributed by atoms with Gasteiger partial charge in [0.1, 0.15) is 11.3 Å². The van der Waals surface area contributed by atoms with E-state index in [9.17, 15) is 14.3 Å². The number of fused-ring (bicyclic) bond motifs is 1. The van der Waals surface area contributed by atoms with Gasteiger partial charge in [-0.1, -0.05) is 6.07 Å². The van der Waals surface area contributed by atoms with Crippen molar-refractivity contribution in [3.05, 3.63) is 52.2 Å². The fourth-order valence-electron chi connectivity index (χ4n) is 2.28. The summed E-state index contributed by atoms with van der Waals surface area (Å²) in [6, 6.07) is 6.53. The van der Waals surface area contributed by atoms with Gasteiger partial charge in [-0.2, -0.15) is 11.3 Å². The number of nitrogens with zero attached hydrogens (tertiary/aromatic N) is 1. The van der Waals surface area contributed by atoms with Crippen molar-refractivity contribution in [1.29, 1.82) is 0 Å². The quantitative estimate of drug-likeness (QED) is 0.649. The number of aliphatic hydroxyl groups excluding tert-OH is 1. The van der Waals surface area contributed by atoms with E-state index in [2.05, 4.69) is 15.3 Å². The summed E-state index contributed by atoms with van der Waals surface area (Å²) in [6.07, 6.45) is -0.0998. The van der Waals surface area contributed by atoms with E-state index in [4.69, 9.17) is 0 Å². The molecule has 2 aromatic heterocycles. The summed E-state index contributed by atoms with van der Waals surface area (Å²) in [6.45, 7) is 0.171. The molecule has 0 aliphatic carbocycles. The van der Waals surface area contributed by atoms with Crippen LogP contribution in [0.15, 0.2) is 35.0 Å². The molecule has 3 aromatic rings. The number of thiophene rings is 1. The van der Waals surface area contributed by atoms with E-state index >= 15 is 0 Å². The lowest BCUT2D eigenvalue weighted by Gasteiger charge is -2.10. The van der Waals surface area contributed by atoms with Gasteiger partial charge in [0, 0.05) is 19.4 Å². The number of imidazole rings is 1. The number of aryl methyl sites for hydroxylation is 1. The van der Waals surface area contributed by atoms with Crippen LogP contribution in [-0.2, 0) is 11.2 Å². The molecule has 0 spiro atoms. The second-order valence-electron chi connectivity index (χ2n) is 5.20. The zero-order valence-electron chi connectivity index (χ0n) is 12.3. The van der Waals surface area contributed by atoms with Gasteiger partial charge in [-0.05, 0) is 34.5 Å². The molecule has 0 fully saturated rings. The van der Waals surface area contributed by atoms with Gasteiger partial charge in [-0.3, -0.25) is 4.79 Å². The first-order chi connectivity index (χ1) is 11.1. The molecular formula is C16H16FN3O2S. The Labute approximate surface area is 136 Å². The van der Waals surface area contributed by atoms with Crippen LogP contribution in [0, 0.1) is 5.82 Å². The molecule has 1 unspecified atom stereocenters.